The van der Waals surface area contributed by atoms with Gasteiger partial charge >= 0.3 is 0 Å². The van der Waals surface area contributed by atoms with Crippen LogP contribution in [0.15, 0.2) is 29.8 Å². The second-order valence-electron chi connectivity index (χ2n) is 5.13. The second kappa shape index (κ2) is 5.25. The molecule has 0 radical (unpaired) electrons. The van der Waals surface area contributed by atoms with Gasteiger partial charge in [-0.2, -0.15) is 0 Å². The average Bonchev–Trinajstić information content (AvgIpc) is 2.27. The van der Waals surface area contributed by atoms with Gasteiger partial charge in [0.25, 0.3) is 5.91 Å². The first-order valence-corrected chi connectivity index (χ1v) is 6.35. The van der Waals surface area contributed by atoms with Crippen LogP contribution in [-0.4, -0.2) is 11.0 Å². The molecule has 1 unspecified atom stereocenters. The number of rotatable bonds is 2. The summed E-state index contributed by atoms with van der Waals surface area (Å²) in [7, 11) is 0. The SMILES string of the molecule is Cc1cc(O)cc(NC(=O)C2=CCCC(C)C2)c1. The van der Waals surface area contributed by atoms with Gasteiger partial charge in [-0.3, -0.25) is 4.79 Å². The highest BCUT2D eigenvalue weighted by Gasteiger charge is 2.17. The van der Waals surface area contributed by atoms with E-state index in [9.17, 15) is 9.90 Å². The monoisotopic (exact) mass is 245 g/mol. The smallest absolute Gasteiger partial charge is 0.251 e. The van der Waals surface area contributed by atoms with Crippen LogP contribution < -0.4 is 5.32 Å². The van der Waals surface area contributed by atoms with Gasteiger partial charge in [0.05, 0.1) is 0 Å². The molecule has 1 aromatic rings. The van der Waals surface area contributed by atoms with Crippen molar-refractivity contribution in [2.45, 2.75) is 33.1 Å². The Balaban J connectivity index is 2.09. The number of hydrogen-bond acceptors (Lipinski definition) is 2. The predicted octanol–water partition coefficient (Wildman–Crippen LogP) is 3.39. The topological polar surface area (TPSA) is 49.3 Å². The van der Waals surface area contributed by atoms with Crippen molar-refractivity contribution in [2.75, 3.05) is 5.32 Å². The molecular formula is C15H19NO2. The van der Waals surface area contributed by atoms with Crippen LogP contribution in [0, 0.1) is 12.8 Å². The van der Waals surface area contributed by atoms with Crippen LogP contribution in [0.5, 0.6) is 5.75 Å². The Kier molecular flexibility index (Phi) is 3.70. The molecule has 1 aliphatic rings. The number of phenols is 1. The fraction of sp³-hybridized carbons (Fsp3) is 0.400. The van der Waals surface area contributed by atoms with Crippen LogP contribution in [-0.2, 0) is 4.79 Å². The minimum atomic E-state index is -0.0495. The lowest BCUT2D eigenvalue weighted by Gasteiger charge is -2.18. The first-order chi connectivity index (χ1) is 8.54. The lowest BCUT2D eigenvalue weighted by atomic mass is 9.90. The molecule has 3 heteroatoms. The van der Waals surface area contributed by atoms with Crippen LogP contribution in [0.25, 0.3) is 0 Å². The number of amides is 1. The van der Waals surface area contributed by atoms with Crippen molar-refractivity contribution in [3.63, 3.8) is 0 Å². The zero-order valence-corrected chi connectivity index (χ0v) is 10.9. The number of anilines is 1. The molecule has 96 valence electrons. The van der Waals surface area contributed by atoms with Crippen LogP contribution in [0.2, 0.25) is 0 Å². The molecule has 0 aromatic heterocycles. The lowest BCUT2D eigenvalue weighted by molar-refractivity contribution is -0.113. The number of phenolic OH excluding ortho intramolecular Hbond substituents is 1. The number of nitrogens with one attached hydrogen (secondary N) is 1. The third-order valence-corrected chi connectivity index (χ3v) is 3.23. The molecule has 1 atom stereocenters. The van der Waals surface area contributed by atoms with Crippen molar-refractivity contribution >= 4 is 11.6 Å². The highest BCUT2D eigenvalue weighted by atomic mass is 16.3. The van der Waals surface area contributed by atoms with Crippen LogP contribution in [0.3, 0.4) is 0 Å². The number of carbonyl (C=O) groups excluding carboxylic acids is 1. The third kappa shape index (κ3) is 3.13. The summed E-state index contributed by atoms with van der Waals surface area (Å²) in [6, 6.07) is 5.08. The number of aromatic hydroxyl groups is 1. The minimum absolute atomic E-state index is 0.0495. The molecular weight excluding hydrogens is 226 g/mol. The quantitative estimate of drug-likeness (QED) is 0.839. The predicted molar refractivity (Wildman–Crippen MR) is 72.6 cm³/mol. The van der Waals surface area contributed by atoms with E-state index in [-0.39, 0.29) is 11.7 Å². The Morgan fingerprint density at radius 2 is 2.17 bits per heavy atom. The van der Waals surface area contributed by atoms with E-state index in [0.29, 0.717) is 11.6 Å². The summed E-state index contributed by atoms with van der Waals surface area (Å²) in [6.07, 6.45) is 4.99. The van der Waals surface area contributed by atoms with Crippen LogP contribution >= 0.6 is 0 Å². The van der Waals surface area contributed by atoms with Crippen molar-refractivity contribution in [1.29, 1.82) is 0 Å². The molecule has 0 bridgehead atoms. The fourth-order valence-corrected chi connectivity index (χ4v) is 2.33. The Morgan fingerprint density at radius 1 is 1.39 bits per heavy atom. The number of hydrogen-bond donors (Lipinski definition) is 2. The number of carbonyl (C=O) groups is 1. The molecule has 2 rings (SSSR count). The first-order valence-electron chi connectivity index (χ1n) is 6.35. The zero-order valence-electron chi connectivity index (χ0n) is 10.9. The van der Waals surface area contributed by atoms with Gasteiger partial charge in [0.2, 0.25) is 0 Å². The maximum Gasteiger partial charge on any atom is 0.251 e. The van der Waals surface area contributed by atoms with Gasteiger partial charge < -0.3 is 10.4 Å². The molecule has 0 fully saturated rings. The summed E-state index contributed by atoms with van der Waals surface area (Å²) in [4.78, 5) is 12.1. The van der Waals surface area contributed by atoms with Crippen molar-refractivity contribution in [3.8, 4) is 5.75 Å². The highest BCUT2D eigenvalue weighted by Crippen LogP contribution is 2.25. The number of aryl methyl sites for hydroxylation is 1. The summed E-state index contributed by atoms with van der Waals surface area (Å²) in [5, 5.41) is 12.3. The summed E-state index contributed by atoms with van der Waals surface area (Å²) in [6.45, 7) is 4.05. The minimum Gasteiger partial charge on any atom is -0.508 e. The Bertz CT molecular complexity index is 471. The van der Waals surface area contributed by atoms with Crippen LogP contribution in [0.4, 0.5) is 5.69 Å². The van der Waals surface area contributed by atoms with Crippen LogP contribution in [0.1, 0.15) is 31.7 Å². The van der Waals surface area contributed by atoms with E-state index < -0.39 is 0 Å². The zero-order chi connectivity index (χ0) is 13.1. The maximum absolute atomic E-state index is 12.1. The van der Waals surface area contributed by atoms with Crippen molar-refractivity contribution in [2.24, 2.45) is 5.92 Å². The molecule has 18 heavy (non-hydrogen) atoms. The summed E-state index contributed by atoms with van der Waals surface area (Å²) in [5.41, 5.74) is 2.43. The average molecular weight is 245 g/mol. The van der Waals surface area contributed by atoms with Gasteiger partial charge in [0.15, 0.2) is 0 Å². The van der Waals surface area contributed by atoms with Gasteiger partial charge in [0, 0.05) is 17.3 Å². The molecule has 1 aliphatic carbocycles. The highest BCUT2D eigenvalue weighted by molar-refractivity contribution is 6.03. The van der Waals surface area contributed by atoms with Gasteiger partial charge in [-0.25, -0.2) is 0 Å². The van der Waals surface area contributed by atoms with Gasteiger partial charge in [-0.1, -0.05) is 13.0 Å². The summed E-state index contributed by atoms with van der Waals surface area (Å²) >= 11 is 0. The van der Waals surface area contributed by atoms with E-state index in [1.54, 1.807) is 12.1 Å². The van der Waals surface area contributed by atoms with E-state index >= 15 is 0 Å². The van der Waals surface area contributed by atoms with Crippen molar-refractivity contribution in [1.82, 2.24) is 0 Å². The molecule has 0 spiro atoms. The molecule has 0 aliphatic heterocycles. The summed E-state index contributed by atoms with van der Waals surface area (Å²) < 4.78 is 0. The van der Waals surface area contributed by atoms with E-state index in [1.807, 2.05) is 19.1 Å². The molecule has 0 heterocycles. The Morgan fingerprint density at radius 3 is 2.83 bits per heavy atom. The van der Waals surface area contributed by atoms with Gasteiger partial charge in [-0.15, -0.1) is 0 Å². The standard InChI is InChI=1S/C15H19NO2/c1-10-4-3-5-12(6-10)15(18)16-13-7-11(2)8-14(17)9-13/h5,7-10,17H,3-4,6H2,1-2H3,(H,16,18). The first kappa shape index (κ1) is 12.7. The van der Waals surface area contributed by atoms with E-state index in [4.69, 9.17) is 0 Å². The molecule has 1 amide bonds. The summed E-state index contributed by atoms with van der Waals surface area (Å²) in [5.74, 6) is 0.699. The fourth-order valence-electron chi connectivity index (χ4n) is 2.33. The van der Waals surface area contributed by atoms with Gasteiger partial charge in [0.1, 0.15) is 5.75 Å². The molecule has 0 saturated heterocycles. The van der Waals surface area contributed by atoms with E-state index in [1.165, 1.54) is 0 Å². The maximum atomic E-state index is 12.1. The molecule has 0 saturated carbocycles. The molecule has 1 aromatic carbocycles. The Hall–Kier alpha value is -1.77. The van der Waals surface area contributed by atoms with Crippen molar-refractivity contribution < 1.29 is 9.90 Å². The number of allylic oxidation sites excluding steroid dienone is 1. The molecule has 3 nitrogen and oxygen atoms in total. The van der Waals surface area contributed by atoms with E-state index in [2.05, 4.69) is 12.2 Å². The largest absolute Gasteiger partial charge is 0.508 e. The normalized spacial score (nSPS) is 19.2. The number of benzene rings is 1. The van der Waals surface area contributed by atoms with Gasteiger partial charge in [-0.05, 0) is 49.8 Å². The van der Waals surface area contributed by atoms with Crippen molar-refractivity contribution in [3.05, 3.63) is 35.4 Å². The molecule has 2 N–H and O–H groups in total. The third-order valence-electron chi connectivity index (χ3n) is 3.23. The van der Waals surface area contributed by atoms with E-state index in [0.717, 1.165) is 30.4 Å². The second-order valence-corrected chi connectivity index (χ2v) is 5.13. The Labute approximate surface area is 108 Å². The lowest BCUT2D eigenvalue weighted by Crippen LogP contribution is -2.18.